The van der Waals surface area contributed by atoms with Crippen LogP contribution >= 0.6 is 0 Å². The average Bonchev–Trinajstić information content (AvgIpc) is 2.66. The van der Waals surface area contributed by atoms with Crippen molar-refractivity contribution >= 4 is 22.8 Å². The number of hydrogen-bond donors (Lipinski definition) is 1. The minimum absolute atomic E-state index is 0.0135. The smallest absolute Gasteiger partial charge is 0.436 e. The second kappa shape index (κ2) is 4.45. The van der Waals surface area contributed by atoms with Crippen LogP contribution in [0, 0.1) is 0 Å². The topological polar surface area (TPSA) is 70.1 Å². The van der Waals surface area contributed by atoms with E-state index in [2.05, 4.69) is 5.10 Å². The maximum Gasteiger partial charge on any atom is 0.436 e. The number of carbonyl (C=O) groups is 1. The molecule has 0 bridgehead atoms. The first-order valence-electron chi connectivity index (χ1n) is 5.37. The number of aromatic nitrogens is 2. The van der Waals surface area contributed by atoms with Crippen LogP contribution in [-0.2, 0) is 10.9 Å². The molecule has 0 saturated heterocycles. The number of fused-ring (bicyclic) bond motifs is 1. The van der Waals surface area contributed by atoms with Crippen molar-refractivity contribution in [2.24, 2.45) is 0 Å². The van der Waals surface area contributed by atoms with Crippen LogP contribution in [-0.4, -0.2) is 22.5 Å². The fraction of sp³-hybridized carbons (Fsp3) is 0.273. The number of nitrogens with zero attached hydrogens (tertiary/aromatic N) is 2. The maximum atomic E-state index is 12.5. The van der Waals surface area contributed by atoms with Crippen molar-refractivity contribution in [3.63, 3.8) is 0 Å². The predicted octanol–water partition coefficient (Wildman–Crippen LogP) is 2.64. The fourth-order valence-corrected chi connectivity index (χ4v) is 1.61. The van der Waals surface area contributed by atoms with Crippen LogP contribution < -0.4 is 5.73 Å². The Labute approximate surface area is 105 Å². The summed E-state index contributed by atoms with van der Waals surface area (Å²) in [6.07, 6.45) is -5.30. The van der Waals surface area contributed by atoms with Crippen molar-refractivity contribution in [1.82, 2.24) is 9.78 Å². The van der Waals surface area contributed by atoms with Gasteiger partial charge >= 0.3 is 12.3 Å². The summed E-state index contributed by atoms with van der Waals surface area (Å²) in [5.41, 5.74) is 4.78. The molecule has 0 atom stereocenters. The van der Waals surface area contributed by atoms with E-state index in [9.17, 15) is 18.0 Å². The van der Waals surface area contributed by atoms with E-state index >= 15 is 0 Å². The van der Waals surface area contributed by atoms with Gasteiger partial charge in [-0.25, -0.2) is 4.79 Å². The van der Waals surface area contributed by atoms with Gasteiger partial charge < -0.3 is 10.5 Å². The van der Waals surface area contributed by atoms with Crippen LogP contribution in [0.4, 0.5) is 23.8 Å². The molecular formula is C11H10F3N3O2. The normalized spacial score (nSPS) is 11.8. The highest BCUT2D eigenvalue weighted by Crippen LogP contribution is 2.32. The third-order valence-corrected chi connectivity index (χ3v) is 2.48. The van der Waals surface area contributed by atoms with Gasteiger partial charge in [-0.15, -0.1) is 4.68 Å². The van der Waals surface area contributed by atoms with E-state index < -0.39 is 17.8 Å². The molecule has 0 radical (unpaired) electrons. The van der Waals surface area contributed by atoms with Crippen LogP contribution in [0.2, 0.25) is 0 Å². The summed E-state index contributed by atoms with van der Waals surface area (Å²) in [4.78, 5) is 11.5. The largest absolute Gasteiger partial charge is 0.448 e. The quantitative estimate of drug-likeness (QED) is 0.867. The second-order valence-electron chi connectivity index (χ2n) is 3.73. The van der Waals surface area contributed by atoms with E-state index in [-0.39, 0.29) is 23.3 Å². The number of nitrogen functional groups attached to an aromatic ring is 1. The van der Waals surface area contributed by atoms with E-state index in [0.717, 1.165) is 16.8 Å². The lowest BCUT2D eigenvalue weighted by Gasteiger charge is -2.05. The molecule has 5 nitrogen and oxygen atoms in total. The minimum Gasteiger partial charge on any atom is -0.448 e. The van der Waals surface area contributed by atoms with Crippen molar-refractivity contribution in [1.29, 1.82) is 0 Å². The van der Waals surface area contributed by atoms with Gasteiger partial charge in [0, 0.05) is 5.39 Å². The Kier molecular flexibility index (Phi) is 3.09. The summed E-state index contributed by atoms with van der Waals surface area (Å²) in [7, 11) is 0. The van der Waals surface area contributed by atoms with Crippen LogP contribution in [0.15, 0.2) is 18.2 Å². The zero-order valence-electron chi connectivity index (χ0n) is 9.86. The zero-order chi connectivity index (χ0) is 14.2. The molecule has 0 unspecified atom stereocenters. The van der Waals surface area contributed by atoms with Gasteiger partial charge in [-0.05, 0) is 25.1 Å². The van der Waals surface area contributed by atoms with E-state index in [1.807, 2.05) is 0 Å². The van der Waals surface area contributed by atoms with Gasteiger partial charge in [0.2, 0.25) is 0 Å². The molecule has 1 aromatic carbocycles. The number of rotatable bonds is 1. The first-order valence-corrected chi connectivity index (χ1v) is 5.37. The van der Waals surface area contributed by atoms with E-state index in [4.69, 9.17) is 10.5 Å². The lowest BCUT2D eigenvalue weighted by atomic mass is 10.1. The highest BCUT2D eigenvalue weighted by Gasteiger charge is 2.31. The number of anilines is 1. The molecule has 8 heteroatoms. The molecule has 0 saturated carbocycles. The summed E-state index contributed by atoms with van der Waals surface area (Å²) in [5, 5.41) is 3.99. The minimum atomic E-state index is -4.48. The van der Waals surface area contributed by atoms with E-state index in [0.29, 0.717) is 0 Å². The van der Waals surface area contributed by atoms with Gasteiger partial charge in [0.1, 0.15) is 5.82 Å². The van der Waals surface area contributed by atoms with Crippen molar-refractivity contribution in [3.05, 3.63) is 23.8 Å². The Morgan fingerprint density at radius 1 is 1.47 bits per heavy atom. The Morgan fingerprint density at radius 3 is 2.74 bits per heavy atom. The third kappa shape index (κ3) is 2.33. The van der Waals surface area contributed by atoms with Crippen LogP contribution in [0.3, 0.4) is 0 Å². The molecule has 0 aliphatic heterocycles. The predicted molar refractivity (Wildman–Crippen MR) is 61.6 cm³/mol. The van der Waals surface area contributed by atoms with Crippen molar-refractivity contribution in [3.8, 4) is 0 Å². The lowest BCUT2D eigenvalue weighted by Crippen LogP contribution is -2.17. The monoisotopic (exact) mass is 273 g/mol. The van der Waals surface area contributed by atoms with Gasteiger partial charge in [0.05, 0.1) is 17.7 Å². The number of carbonyl (C=O) groups excluding carboxylic acids is 1. The summed E-state index contributed by atoms with van der Waals surface area (Å²) in [6, 6.07) is 2.90. The van der Waals surface area contributed by atoms with E-state index in [1.54, 1.807) is 6.92 Å². The summed E-state index contributed by atoms with van der Waals surface area (Å²) >= 11 is 0. The molecule has 0 aliphatic carbocycles. The summed E-state index contributed by atoms with van der Waals surface area (Å²) in [6.45, 7) is 1.71. The number of halogens is 3. The van der Waals surface area contributed by atoms with Crippen LogP contribution in [0.25, 0.3) is 10.9 Å². The molecule has 0 aliphatic rings. The maximum absolute atomic E-state index is 12.5. The van der Waals surface area contributed by atoms with Crippen LogP contribution in [0.1, 0.15) is 12.5 Å². The van der Waals surface area contributed by atoms with Crippen LogP contribution in [0.5, 0.6) is 0 Å². The van der Waals surface area contributed by atoms with Gasteiger partial charge in [0.15, 0.2) is 0 Å². The molecule has 0 fully saturated rings. The molecule has 2 rings (SSSR count). The number of alkyl halides is 3. The summed E-state index contributed by atoms with van der Waals surface area (Å²) in [5.74, 6) is -0.0535. The second-order valence-corrected chi connectivity index (χ2v) is 3.73. The molecule has 1 aromatic heterocycles. The summed E-state index contributed by atoms with van der Waals surface area (Å²) < 4.78 is 43.1. The average molecular weight is 273 g/mol. The van der Waals surface area contributed by atoms with Crippen molar-refractivity contribution in [2.45, 2.75) is 13.1 Å². The molecule has 2 aromatic rings. The molecule has 102 valence electrons. The molecule has 0 spiro atoms. The number of nitrogens with two attached hydrogens (primary N) is 1. The molecule has 2 N–H and O–H groups in total. The first-order chi connectivity index (χ1) is 8.84. The van der Waals surface area contributed by atoms with Crippen molar-refractivity contribution < 1.29 is 22.7 Å². The Balaban J connectivity index is 2.54. The third-order valence-electron chi connectivity index (χ3n) is 2.48. The zero-order valence-corrected chi connectivity index (χ0v) is 9.86. The standard InChI is InChI=1S/C11H10F3N3O2/c1-2-19-10(18)17-9(15)7-4-3-6(11(12,13)14)5-8(7)16-17/h3-5H,2,15H2,1H3. The van der Waals surface area contributed by atoms with Crippen molar-refractivity contribution in [2.75, 3.05) is 12.3 Å². The molecule has 0 amide bonds. The molecule has 1 heterocycles. The number of ether oxygens (including phenoxy) is 1. The van der Waals surface area contributed by atoms with E-state index in [1.165, 1.54) is 6.07 Å². The molecular weight excluding hydrogens is 263 g/mol. The number of benzene rings is 1. The number of hydrogen-bond acceptors (Lipinski definition) is 4. The lowest BCUT2D eigenvalue weighted by molar-refractivity contribution is -0.137. The first kappa shape index (κ1) is 13.2. The Bertz CT molecular complexity index is 634. The highest BCUT2D eigenvalue weighted by atomic mass is 19.4. The highest BCUT2D eigenvalue weighted by molar-refractivity contribution is 5.93. The Hall–Kier alpha value is -2.25. The Morgan fingerprint density at radius 2 is 2.16 bits per heavy atom. The molecule has 19 heavy (non-hydrogen) atoms. The fourth-order valence-electron chi connectivity index (χ4n) is 1.61. The SMILES string of the molecule is CCOC(=O)n1nc2cc(C(F)(F)F)ccc2c1N. The van der Waals surface area contributed by atoms with Gasteiger partial charge in [0.25, 0.3) is 0 Å². The van der Waals surface area contributed by atoms with Gasteiger partial charge in [-0.3, -0.25) is 0 Å². The van der Waals surface area contributed by atoms with Gasteiger partial charge in [-0.1, -0.05) is 0 Å². The van der Waals surface area contributed by atoms with Gasteiger partial charge in [-0.2, -0.15) is 18.3 Å².